The molecule has 9 heteroatoms. The Morgan fingerprint density at radius 2 is 1.69 bits per heavy atom. The van der Waals surface area contributed by atoms with Gasteiger partial charge in [0.15, 0.2) is 0 Å². The molecule has 0 radical (unpaired) electrons. The van der Waals surface area contributed by atoms with Gasteiger partial charge in [0.2, 0.25) is 11.8 Å². The molecule has 8 nitrogen and oxygen atoms in total. The van der Waals surface area contributed by atoms with Crippen molar-refractivity contribution in [3.8, 4) is 0 Å². The fourth-order valence-electron chi connectivity index (χ4n) is 4.42. The van der Waals surface area contributed by atoms with Crippen molar-refractivity contribution in [3.63, 3.8) is 0 Å². The van der Waals surface area contributed by atoms with E-state index in [0.29, 0.717) is 22.4 Å². The molecule has 1 fully saturated rings. The van der Waals surface area contributed by atoms with E-state index in [0.717, 1.165) is 22.9 Å². The summed E-state index contributed by atoms with van der Waals surface area (Å²) < 4.78 is 8.53. The molecular weight excluding hydrogens is 462 g/mol. The number of benzene rings is 3. The zero-order chi connectivity index (χ0) is 24.2. The third kappa shape index (κ3) is 4.63. The van der Waals surface area contributed by atoms with E-state index in [1.165, 1.54) is 7.11 Å². The highest BCUT2D eigenvalue weighted by atomic mass is 32.1. The van der Waals surface area contributed by atoms with Crippen molar-refractivity contribution in [2.75, 3.05) is 19.0 Å². The van der Waals surface area contributed by atoms with Crippen molar-refractivity contribution in [1.29, 1.82) is 0 Å². The van der Waals surface area contributed by atoms with Crippen LogP contribution in [0.1, 0.15) is 23.5 Å². The number of carbonyl (C=O) groups is 2. The Morgan fingerprint density at radius 3 is 2.34 bits per heavy atom. The average Bonchev–Trinajstić information content (AvgIpc) is 3.54. The van der Waals surface area contributed by atoms with E-state index in [1.54, 1.807) is 11.0 Å². The third-order valence-corrected chi connectivity index (χ3v) is 6.56. The van der Waals surface area contributed by atoms with Gasteiger partial charge in [-0.2, -0.15) is 8.75 Å². The molecule has 0 spiro atoms. The molecule has 0 aliphatic carbocycles. The lowest BCUT2D eigenvalue weighted by Gasteiger charge is -2.28. The number of hydrogen-bond donors (Lipinski definition) is 1. The number of rotatable bonds is 6. The van der Waals surface area contributed by atoms with Crippen molar-refractivity contribution in [1.82, 2.24) is 13.6 Å². The molecule has 35 heavy (non-hydrogen) atoms. The third-order valence-electron chi connectivity index (χ3n) is 6.02. The van der Waals surface area contributed by atoms with Gasteiger partial charge in [-0.3, -0.25) is 9.59 Å². The molecule has 1 atom stereocenters. The predicted molar refractivity (Wildman–Crippen MR) is 135 cm³/mol. The first kappa shape index (κ1) is 22.7. The summed E-state index contributed by atoms with van der Waals surface area (Å²) in [5.74, 6) is -1.03. The lowest BCUT2D eigenvalue weighted by molar-refractivity contribution is -0.137. The van der Waals surface area contributed by atoms with E-state index in [9.17, 15) is 9.59 Å². The Morgan fingerprint density at radius 1 is 1.00 bits per heavy atom. The van der Waals surface area contributed by atoms with Crippen molar-refractivity contribution < 1.29 is 14.4 Å². The smallest absolute Gasteiger partial charge is 0.247 e. The van der Waals surface area contributed by atoms with E-state index in [1.807, 2.05) is 72.8 Å². The van der Waals surface area contributed by atoms with Crippen molar-refractivity contribution in [3.05, 3.63) is 90.0 Å². The Bertz CT molecular complexity index is 1330. The zero-order valence-corrected chi connectivity index (χ0v) is 19.8. The first-order valence-electron chi connectivity index (χ1n) is 11.2. The van der Waals surface area contributed by atoms with Crippen LogP contribution in [0.25, 0.3) is 11.0 Å². The van der Waals surface area contributed by atoms with Gasteiger partial charge in [0.1, 0.15) is 24.2 Å². The predicted octanol–water partition coefficient (Wildman–Crippen LogP) is 4.07. The molecule has 1 aliphatic heterocycles. The highest BCUT2D eigenvalue weighted by molar-refractivity contribution is 7.00. The van der Waals surface area contributed by atoms with Gasteiger partial charge in [0.25, 0.3) is 0 Å². The van der Waals surface area contributed by atoms with E-state index >= 15 is 0 Å². The molecule has 1 saturated heterocycles. The lowest BCUT2D eigenvalue weighted by Crippen LogP contribution is -2.45. The maximum atomic E-state index is 14.1. The minimum atomic E-state index is -0.742. The van der Waals surface area contributed by atoms with Crippen molar-refractivity contribution in [2.45, 2.75) is 18.4 Å². The molecule has 1 aromatic heterocycles. The van der Waals surface area contributed by atoms with E-state index in [2.05, 4.69) is 19.2 Å². The number of likely N-dealkylation sites (tertiary alicyclic amines) is 1. The molecule has 5 rings (SSSR count). The Balaban J connectivity index is 1.49. The molecule has 1 N–H and O–H groups in total. The van der Waals surface area contributed by atoms with Crippen LogP contribution in [0.3, 0.4) is 0 Å². The van der Waals surface area contributed by atoms with Gasteiger partial charge < -0.3 is 15.1 Å². The number of nitrogens with one attached hydrogen (secondary N) is 1. The average molecular weight is 486 g/mol. The van der Waals surface area contributed by atoms with Gasteiger partial charge in [-0.05, 0) is 23.3 Å². The molecule has 0 unspecified atom stereocenters. The van der Waals surface area contributed by atoms with Crippen molar-refractivity contribution >= 4 is 46.0 Å². The molecule has 0 bridgehead atoms. The summed E-state index contributed by atoms with van der Waals surface area (Å²) in [6, 6.07) is 23.9. The zero-order valence-electron chi connectivity index (χ0n) is 19.0. The van der Waals surface area contributed by atoms with E-state index < -0.39 is 12.0 Å². The van der Waals surface area contributed by atoms with E-state index in [4.69, 9.17) is 4.84 Å². The van der Waals surface area contributed by atoms with Gasteiger partial charge >= 0.3 is 0 Å². The van der Waals surface area contributed by atoms with Crippen LogP contribution in [0.5, 0.6) is 0 Å². The summed E-state index contributed by atoms with van der Waals surface area (Å²) in [6.45, 7) is 0.212. The maximum absolute atomic E-state index is 14.1. The van der Waals surface area contributed by atoms with Gasteiger partial charge in [-0.15, -0.1) is 0 Å². The fraction of sp³-hybridized carbons (Fsp3) is 0.192. The van der Waals surface area contributed by atoms with Crippen LogP contribution in [0, 0.1) is 0 Å². The van der Waals surface area contributed by atoms with Gasteiger partial charge in [0.05, 0.1) is 35.6 Å². The normalized spacial score (nSPS) is 16.7. The lowest BCUT2D eigenvalue weighted by atomic mass is 9.90. The summed E-state index contributed by atoms with van der Waals surface area (Å²) >= 11 is 1.09. The number of aromatic nitrogens is 2. The monoisotopic (exact) mass is 485 g/mol. The molecule has 2 heterocycles. The first-order valence-corrected chi connectivity index (χ1v) is 11.9. The highest BCUT2D eigenvalue weighted by Gasteiger charge is 2.41. The van der Waals surface area contributed by atoms with Crippen LogP contribution in [-0.4, -0.2) is 50.9 Å². The molecule has 4 aromatic rings. The molecule has 176 valence electrons. The number of hydrogen-bond acceptors (Lipinski definition) is 7. The summed E-state index contributed by atoms with van der Waals surface area (Å²) in [5, 5.41) is 7.02. The van der Waals surface area contributed by atoms with Crippen molar-refractivity contribution in [2.24, 2.45) is 5.16 Å². The fourth-order valence-corrected chi connectivity index (χ4v) is 4.97. The maximum Gasteiger partial charge on any atom is 0.247 e. The van der Waals surface area contributed by atoms with Crippen LogP contribution in [0.2, 0.25) is 0 Å². The van der Waals surface area contributed by atoms with E-state index in [-0.39, 0.29) is 24.8 Å². The number of carbonyl (C=O) groups excluding carboxylic acids is 2. The van der Waals surface area contributed by atoms with Crippen LogP contribution in [-0.2, 0) is 14.4 Å². The summed E-state index contributed by atoms with van der Waals surface area (Å²) in [7, 11) is 1.46. The number of amides is 2. The second-order valence-corrected chi connectivity index (χ2v) is 8.74. The standard InChI is InChI=1S/C26H23N5O3S/c1-34-28-19-15-22(25(32)27-20-13-8-14-21-24(20)30-35-29-21)31(16-19)26(33)23(17-9-4-2-5-10-17)18-11-6-3-7-12-18/h2-14,22-23H,15-16H2,1H3,(H,27,32)/t22-/m0/s1. The first-order chi connectivity index (χ1) is 17.2. The van der Waals surface area contributed by atoms with Crippen LogP contribution in [0.15, 0.2) is 84.0 Å². The molecule has 1 aliphatic rings. The van der Waals surface area contributed by atoms with Gasteiger partial charge in [-0.1, -0.05) is 71.9 Å². The highest BCUT2D eigenvalue weighted by Crippen LogP contribution is 2.31. The summed E-state index contributed by atoms with van der Waals surface area (Å²) in [4.78, 5) is 34.1. The van der Waals surface area contributed by atoms with Crippen LogP contribution < -0.4 is 5.32 Å². The molecule has 0 saturated carbocycles. The Hall–Kier alpha value is -4.11. The quantitative estimate of drug-likeness (QED) is 0.416. The number of anilines is 1. The second kappa shape index (κ2) is 10.0. The Kier molecular flexibility index (Phi) is 6.49. The largest absolute Gasteiger partial charge is 0.399 e. The number of oxime groups is 1. The number of nitrogens with zero attached hydrogens (tertiary/aromatic N) is 4. The minimum absolute atomic E-state index is 0.169. The van der Waals surface area contributed by atoms with Crippen LogP contribution in [0.4, 0.5) is 5.69 Å². The molecule has 3 aromatic carbocycles. The van der Waals surface area contributed by atoms with Gasteiger partial charge in [-0.25, -0.2) is 0 Å². The summed E-state index contributed by atoms with van der Waals surface area (Å²) in [6.07, 6.45) is 0.285. The van der Waals surface area contributed by atoms with Crippen LogP contribution >= 0.6 is 11.7 Å². The SMILES string of the molecule is CON=C1C[C@@H](C(=O)Nc2cccc3nsnc23)N(C(=O)C(c2ccccc2)c2ccccc2)C1. The molecular formula is C26H23N5O3S. The van der Waals surface area contributed by atoms with Gasteiger partial charge in [0, 0.05) is 6.42 Å². The minimum Gasteiger partial charge on any atom is -0.399 e. The number of fused-ring (bicyclic) bond motifs is 1. The topological polar surface area (TPSA) is 96.8 Å². The Labute approximate surface area is 206 Å². The summed E-state index contributed by atoms with van der Waals surface area (Å²) in [5.41, 5.74) is 4.25. The molecule has 2 amide bonds. The second-order valence-electron chi connectivity index (χ2n) is 8.21.